The van der Waals surface area contributed by atoms with Crippen molar-refractivity contribution in [1.82, 2.24) is 0 Å². The van der Waals surface area contributed by atoms with Gasteiger partial charge in [0.15, 0.2) is 0 Å². The van der Waals surface area contributed by atoms with E-state index in [2.05, 4.69) is 10.6 Å². The highest BCUT2D eigenvalue weighted by atomic mass is 16.2. The molecule has 0 radical (unpaired) electrons. The van der Waals surface area contributed by atoms with Crippen molar-refractivity contribution in [2.45, 2.75) is 26.7 Å². The third kappa shape index (κ3) is 4.28. The van der Waals surface area contributed by atoms with Crippen LogP contribution in [0.15, 0.2) is 42.5 Å². The predicted molar refractivity (Wildman–Crippen MR) is 118 cm³/mol. The fourth-order valence-corrected chi connectivity index (χ4v) is 4.10. The van der Waals surface area contributed by atoms with Crippen molar-refractivity contribution < 1.29 is 19.2 Å². The molecular formula is C23H24N4O4. The summed E-state index contributed by atoms with van der Waals surface area (Å²) < 4.78 is 0. The van der Waals surface area contributed by atoms with Crippen molar-refractivity contribution >= 4 is 46.4 Å². The first-order chi connectivity index (χ1) is 14.8. The standard InChI is InChI=1S/C23H24N4O4/c1-14(28)24-18-3-5-19(6-4-18)25-23(31)17-12-22(30)27(13-17)20-7-8-21-16(11-20)9-10-26(21)15(2)29/h3-8,11,17H,9-10,12-13H2,1-2H3,(H,24,28)(H,25,31)/t17-/m1/s1. The molecule has 2 aromatic rings. The molecule has 2 aliphatic rings. The first kappa shape index (κ1) is 20.6. The summed E-state index contributed by atoms with van der Waals surface area (Å²) in [5, 5.41) is 5.51. The first-order valence-electron chi connectivity index (χ1n) is 10.2. The summed E-state index contributed by atoms with van der Waals surface area (Å²) in [5.41, 5.74) is 3.93. The van der Waals surface area contributed by atoms with Gasteiger partial charge in [-0.1, -0.05) is 0 Å². The monoisotopic (exact) mass is 420 g/mol. The van der Waals surface area contributed by atoms with E-state index in [1.54, 1.807) is 41.0 Å². The van der Waals surface area contributed by atoms with Crippen LogP contribution in [0.4, 0.5) is 22.7 Å². The van der Waals surface area contributed by atoms with Crippen molar-refractivity contribution in [3.8, 4) is 0 Å². The highest BCUT2D eigenvalue weighted by Crippen LogP contribution is 2.34. The molecule has 1 saturated heterocycles. The Morgan fingerprint density at radius 1 is 0.968 bits per heavy atom. The largest absolute Gasteiger partial charge is 0.326 e. The number of rotatable bonds is 4. The molecule has 8 nitrogen and oxygen atoms in total. The molecule has 31 heavy (non-hydrogen) atoms. The van der Waals surface area contributed by atoms with Gasteiger partial charge < -0.3 is 20.4 Å². The Kier molecular flexibility index (Phi) is 5.46. The minimum Gasteiger partial charge on any atom is -0.326 e. The number of amides is 4. The lowest BCUT2D eigenvalue weighted by atomic mass is 10.1. The van der Waals surface area contributed by atoms with Crippen molar-refractivity contribution in [2.75, 3.05) is 33.5 Å². The molecule has 2 aromatic carbocycles. The lowest BCUT2D eigenvalue weighted by Gasteiger charge is -2.19. The molecule has 8 heteroatoms. The predicted octanol–water partition coefficient (Wildman–Crippen LogP) is 2.55. The SMILES string of the molecule is CC(=O)Nc1ccc(NC(=O)[C@@H]2CC(=O)N(c3ccc4c(c3)CCN4C(C)=O)C2)cc1. The number of hydrogen-bond donors (Lipinski definition) is 2. The first-order valence-corrected chi connectivity index (χ1v) is 10.2. The smallest absolute Gasteiger partial charge is 0.229 e. The second-order valence-corrected chi connectivity index (χ2v) is 7.89. The number of nitrogens with one attached hydrogen (secondary N) is 2. The van der Waals surface area contributed by atoms with Gasteiger partial charge in [-0.2, -0.15) is 0 Å². The molecule has 4 amide bonds. The van der Waals surface area contributed by atoms with Crippen LogP contribution < -0.4 is 20.4 Å². The summed E-state index contributed by atoms with van der Waals surface area (Å²) in [5.74, 6) is -0.924. The number of hydrogen-bond acceptors (Lipinski definition) is 4. The molecule has 0 unspecified atom stereocenters. The minimum atomic E-state index is -0.454. The van der Waals surface area contributed by atoms with Gasteiger partial charge in [-0.25, -0.2) is 0 Å². The normalized spacial score (nSPS) is 17.5. The fraction of sp³-hybridized carbons (Fsp3) is 0.304. The van der Waals surface area contributed by atoms with E-state index >= 15 is 0 Å². The Balaban J connectivity index is 1.42. The van der Waals surface area contributed by atoms with Gasteiger partial charge in [0, 0.05) is 56.1 Å². The van der Waals surface area contributed by atoms with Gasteiger partial charge in [-0.3, -0.25) is 19.2 Å². The van der Waals surface area contributed by atoms with Gasteiger partial charge in [0.1, 0.15) is 0 Å². The maximum atomic E-state index is 12.7. The molecule has 0 saturated carbocycles. The number of carbonyl (C=O) groups is 4. The molecule has 2 aliphatic heterocycles. The Labute approximate surface area is 180 Å². The summed E-state index contributed by atoms with van der Waals surface area (Å²) in [6.07, 6.45) is 0.898. The maximum absolute atomic E-state index is 12.7. The molecule has 2 N–H and O–H groups in total. The van der Waals surface area contributed by atoms with Crippen LogP contribution in [-0.4, -0.2) is 36.7 Å². The van der Waals surface area contributed by atoms with Crippen LogP contribution in [0.2, 0.25) is 0 Å². The summed E-state index contributed by atoms with van der Waals surface area (Å²) in [4.78, 5) is 51.5. The Bertz CT molecular complexity index is 1060. The van der Waals surface area contributed by atoms with Gasteiger partial charge in [0.2, 0.25) is 23.6 Å². The molecule has 0 spiro atoms. The van der Waals surface area contributed by atoms with Gasteiger partial charge >= 0.3 is 0 Å². The van der Waals surface area contributed by atoms with Crippen LogP contribution in [0.5, 0.6) is 0 Å². The van der Waals surface area contributed by atoms with E-state index in [1.807, 2.05) is 18.2 Å². The topological polar surface area (TPSA) is 98.8 Å². The number of anilines is 4. The average Bonchev–Trinajstić information content (AvgIpc) is 3.32. The van der Waals surface area contributed by atoms with Crippen LogP contribution in [0.25, 0.3) is 0 Å². The molecule has 1 atom stereocenters. The van der Waals surface area contributed by atoms with E-state index < -0.39 is 5.92 Å². The lowest BCUT2D eigenvalue weighted by Crippen LogP contribution is -2.28. The zero-order valence-corrected chi connectivity index (χ0v) is 17.5. The van der Waals surface area contributed by atoms with Crippen LogP contribution in [-0.2, 0) is 25.6 Å². The molecule has 2 heterocycles. The molecule has 4 rings (SSSR count). The second kappa shape index (κ2) is 8.22. The Morgan fingerprint density at radius 3 is 2.29 bits per heavy atom. The number of benzene rings is 2. The molecule has 0 aliphatic carbocycles. The van der Waals surface area contributed by atoms with Crippen molar-refractivity contribution in [3.63, 3.8) is 0 Å². The van der Waals surface area contributed by atoms with E-state index in [1.165, 1.54) is 6.92 Å². The summed E-state index contributed by atoms with van der Waals surface area (Å²) in [6.45, 7) is 3.93. The van der Waals surface area contributed by atoms with E-state index in [-0.39, 0.29) is 30.0 Å². The number of carbonyl (C=O) groups excluding carboxylic acids is 4. The zero-order valence-electron chi connectivity index (χ0n) is 17.5. The third-order valence-electron chi connectivity index (χ3n) is 5.62. The van der Waals surface area contributed by atoms with Crippen molar-refractivity contribution in [3.05, 3.63) is 48.0 Å². The molecule has 0 aromatic heterocycles. The molecule has 160 valence electrons. The van der Waals surface area contributed by atoms with Crippen molar-refractivity contribution in [2.24, 2.45) is 5.92 Å². The van der Waals surface area contributed by atoms with Crippen molar-refractivity contribution in [1.29, 1.82) is 0 Å². The van der Waals surface area contributed by atoms with E-state index in [4.69, 9.17) is 0 Å². The molecule has 0 bridgehead atoms. The highest BCUT2D eigenvalue weighted by Gasteiger charge is 2.36. The average molecular weight is 420 g/mol. The van der Waals surface area contributed by atoms with Gasteiger partial charge in [0.25, 0.3) is 0 Å². The van der Waals surface area contributed by atoms with Crippen LogP contribution in [0, 0.1) is 5.92 Å². The minimum absolute atomic E-state index is 0.00518. The zero-order chi connectivity index (χ0) is 22.1. The van der Waals surface area contributed by atoms with Crippen LogP contribution >= 0.6 is 0 Å². The Morgan fingerprint density at radius 2 is 1.65 bits per heavy atom. The summed E-state index contributed by atoms with van der Waals surface area (Å²) >= 11 is 0. The van der Waals surface area contributed by atoms with E-state index in [0.29, 0.717) is 24.5 Å². The lowest BCUT2D eigenvalue weighted by molar-refractivity contribution is -0.122. The summed E-state index contributed by atoms with van der Waals surface area (Å²) in [6, 6.07) is 12.5. The van der Waals surface area contributed by atoms with E-state index in [0.717, 1.165) is 23.4 Å². The van der Waals surface area contributed by atoms with Gasteiger partial charge in [-0.15, -0.1) is 0 Å². The molecular weight excluding hydrogens is 396 g/mol. The highest BCUT2D eigenvalue weighted by molar-refractivity contribution is 6.04. The Hall–Kier alpha value is -3.68. The summed E-state index contributed by atoms with van der Waals surface area (Å²) in [7, 11) is 0. The maximum Gasteiger partial charge on any atom is 0.229 e. The van der Waals surface area contributed by atoms with Crippen LogP contribution in [0.1, 0.15) is 25.8 Å². The quantitative estimate of drug-likeness (QED) is 0.794. The van der Waals surface area contributed by atoms with E-state index in [9.17, 15) is 19.2 Å². The number of nitrogens with zero attached hydrogens (tertiary/aromatic N) is 2. The van der Waals surface area contributed by atoms with Gasteiger partial charge in [-0.05, 0) is 54.4 Å². The third-order valence-corrected chi connectivity index (χ3v) is 5.62. The second-order valence-electron chi connectivity index (χ2n) is 7.89. The molecule has 1 fully saturated rings. The number of fused-ring (bicyclic) bond motifs is 1. The van der Waals surface area contributed by atoms with Gasteiger partial charge in [0.05, 0.1) is 5.92 Å². The van der Waals surface area contributed by atoms with Crippen LogP contribution in [0.3, 0.4) is 0 Å². The fourth-order valence-electron chi connectivity index (χ4n) is 4.10.